The lowest BCUT2D eigenvalue weighted by Gasteiger charge is -2.13. The molecule has 4 atom stereocenters. The topological polar surface area (TPSA) is 124 Å². The van der Waals surface area contributed by atoms with Crippen molar-refractivity contribution in [3.05, 3.63) is 12.2 Å². The van der Waals surface area contributed by atoms with Crippen molar-refractivity contribution >= 4 is 0 Å². The van der Waals surface area contributed by atoms with Crippen LogP contribution in [0.4, 0.5) is 0 Å². The standard InChI is InChI=1S/C8H10N4O4/c9-1-5-10-3-12(11-5)8-7(15)6(14)4(2-13)16-8/h3-4,6-8,13-15H,2H2/t4-,6-,7-,8-/m1/s1. The normalized spacial score (nSPS) is 33.9. The van der Waals surface area contributed by atoms with Crippen LogP contribution in [0.25, 0.3) is 0 Å². The molecule has 0 bridgehead atoms. The molecule has 2 heterocycles. The summed E-state index contributed by atoms with van der Waals surface area (Å²) in [4.78, 5) is 3.65. The molecule has 0 spiro atoms. The zero-order valence-electron chi connectivity index (χ0n) is 8.13. The Hall–Kier alpha value is -1.53. The second kappa shape index (κ2) is 4.15. The van der Waals surface area contributed by atoms with Crippen LogP contribution < -0.4 is 0 Å². The third kappa shape index (κ3) is 1.66. The molecule has 1 aromatic heterocycles. The molecular formula is C8H10N4O4. The van der Waals surface area contributed by atoms with Gasteiger partial charge in [-0.05, 0) is 0 Å². The third-order valence-electron chi connectivity index (χ3n) is 2.39. The monoisotopic (exact) mass is 226 g/mol. The fourth-order valence-electron chi connectivity index (χ4n) is 1.55. The summed E-state index contributed by atoms with van der Waals surface area (Å²) in [5, 5.41) is 40.3. The summed E-state index contributed by atoms with van der Waals surface area (Å²) >= 11 is 0. The Kier molecular flexibility index (Phi) is 2.84. The lowest BCUT2D eigenvalue weighted by molar-refractivity contribution is -0.0588. The summed E-state index contributed by atoms with van der Waals surface area (Å²) in [5.41, 5.74) is 0. The molecule has 3 N–H and O–H groups in total. The van der Waals surface area contributed by atoms with Gasteiger partial charge in [0.1, 0.15) is 30.7 Å². The quantitative estimate of drug-likeness (QED) is 0.520. The zero-order valence-corrected chi connectivity index (χ0v) is 8.13. The highest BCUT2D eigenvalue weighted by atomic mass is 16.6. The first-order chi connectivity index (χ1) is 7.67. The second-order valence-electron chi connectivity index (χ2n) is 3.39. The Labute approximate surface area is 90.3 Å². The fourth-order valence-corrected chi connectivity index (χ4v) is 1.55. The molecule has 0 radical (unpaired) electrons. The van der Waals surface area contributed by atoms with E-state index in [1.54, 1.807) is 6.07 Å². The zero-order chi connectivity index (χ0) is 11.7. The molecule has 86 valence electrons. The van der Waals surface area contributed by atoms with E-state index in [2.05, 4.69) is 10.1 Å². The Morgan fingerprint density at radius 3 is 2.75 bits per heavy atom. The largest absolute Gasteiger partial charge is 0.394 e. The lowest BCUT2D eigenvalue weighted by Crippen LogP contribution is -2.33. The minimum Gasteiger partial charge on any atom is -0.394 e. The number of hydrogen-bond acceptors (Lipinski definition) is 7. The maximum Gasteiger partial charge on any atom is 0.252 e. The molecule has 0 unspecified atom stereocenters. The van der Waals surface area contributed by atoms with Crippen LogP contribution in [0.1, 0.15) is 12.1 Å². The van der Waals surface area contributed by atoms with Gasteiger partial charge in [-0.15, -0.1) is 5.10 Å². The van der Waals surface area contributed by atoms with Crippen molar-refractivity contribution in [3.63, 3.8) is 0 Å². The van der Waals surface area contributed by atoms with E-state index in [1.165, 1.54) is 6.33 Å². The summed E-state index contributed by atoms with van der Waals surface area (Å²) in [5.74, 6) is -0.0576. The highest BCUT2D eigenvalue weighted by Crippen LogP contribution is 2.28. The molecule has 1 aliphatic rings. The third-order valence-corrected chi connectivity index (χ3v) is 2.39. The molecule has 0 amide bonds. The average Bonchev–Trinajstić information content (AvgIpc) is 2.86. The first-order valence-corrected chi connectivity index (χ1v) is 4.61. The Balaban J connectivity index is 2.20. The van der Waals surface area contributed by atoms with Gasteiger partial charge in [-0.2, -0.15) is 5.26 Å². The van der Waals surface area contributed by atoms with Gasteiger partial charge in [-0.3, -0.25) is 0 Å². The molecule has 0 aliphatic carbocycles. The van der Waals surface area contributed by atoms with E-state index in [9.17, 15) is 10.2 Å². The maximum absolute atomic E-state index is 9.64. The summed E-state index contributed by atoms with van der Waals surface area (Å²) < 4.78 is 6.32. The molecule has 16 heavy (non-hydrogen) atoms. The van der Waals surface area contributed by atoms with Crippen LogP contribution in [0.2, 0.25) is 0 Å². The van der Waals surface area contributed by atoms with Crippen molar-refractivity contribution in [2.45, 2.75) is 24.5 Å². The van der Waals surface area contributed by atoms with Crippen molar-refractivity contribution in [1.82, 2.24) is 14.8 Å². The first kappa shape index (κ1) is 11.0. The highest BCUT2D eigenvalue weighted by molar-refractivity contribution is 5.06. The number of rotatable bonds is 2. The summed E-state index contributed by atoms with van der Waals surface area (Å²) in [6.45, 7) is -0.408. The van der Waals surface area contributed by atoms with Crippen molar-refractivity contribution in [1.29, 1.82) is 5.26 Å². The van der Waals surface area contributed by atoms with Crippen LogP contribution in [-0.2, 0) is 4.74 Å². The summed E-state index contributed by atoms with van der Waals surface area (Å²) in [6, 6.07) is 1.73. The number of hydrogen-bond donors (Lipinski definition) is 3. The predicted octanol–water partition coefficient (Wildman–Crippen LogP) is -2.24. The van der Waals surface area contributed by atoms with Crippen LogP contribution in [-0.4, -0.2) is 55.0 Å². The molecule has 8 heteroatoms. The molecule has 1 saturated heterocycles. The van der Waals surface area contributed by atoms with Crippen LogP contribution in [0.3, 0.4) is 0 Å². The van der Waals surface area contributed by atoms with E-state index in [0.29, 0.717) is 0 Å². The molecule has 0 aromatic carbocycles. The van der Waals surface area contributed by atoms with Crippen LogP contribution in [0, 0.1) is 11.3 Å². The molecule has 8 nitrogen and oxygen atoms in total. The van der Waals surface area contributed by atoms with Gasteiger partial charge >= 0.3 is 0 Å². The van der Waals surface area contributed by atoms with E-state index in [4.69, 9.17) is 15.1 Å². The van der Waals surface area contributed by atoms with Gasteiger partial charge in [0.05, 0.1) is 6.61 Å². The van der Waals surface area contributed by atoms with Crippen LogP contribution in [0.15, 0.2) is 6.33 Å². The average molecular weight is 226 g/mol. The maximum atomic E-state index is 9.64. The van der Waals surface area contributed by atoms with Crippen molar-refractivity contribution in [3.8, 4) is 6.07 Å². The van der Waals surface area contributed by atoms with Crippen LogP contribution in [0.5, 0.6) is 0 Å². The van der Waals surface area contributed by atoms with Crippen molar-refractivity contribution in [2.24, 2.45) is 0 Å². The molecule has 1 aromatic rings. The summed E-state index contributed by atoms with van der Waals surface area (Å²) in [7, 11) is 0. The molecule has 1 aliphatic heterocycles. The molecular weight excluding hydrogens is 216 g/mol. The SMILES string of the molecule is N#Cc1ncn([C@@H]2O[C@H](CO)[C@@H](O)[C@H]2O)n1. The minimum absolute atomic E-state index is 0.0576. The number of aromatic nitrogens is 3. The van der Waals surface area contributed by atoms with Crippen LogP contribution >= 0.6 is 0 Å². The van der Waals surface area contributed by atoms with E-state index < -0.39 is 31.1 Å². The van der Waals surface area contributed by atoms with E-state index >= 15 is 0 Å². The van der Waals surface area contributed by atoms with Gasteiger partial charge in [-0.1, -0.05) is 0 Å². The van der Waals surface area contributed by atoms with Gasteiger partial charge < -0.3 is 20.1 Å². The van der Waals surface area contributed by atoms with Gasteiger partial charge in [-0.25, -0.2) is 9.67 Å². The Bertz CT molecular complexity index is 414. The number of ether oxygens (including phenoxy) is 1. The van der Waals surface area contributed by atoms with Crippen molar-refractivity contribution < 1.29 is 20.1 Å². The van der Waals surface area contributed by atoms with Crippen molar-refractivity contribution in [2.75, 3.05) is 6.61 Å². The lowest BCUT2D eigenvalue weighted by atomic mass is 10.1. The summed E-state index contributed by atoms with van der Waals surface area (Å²) in [6.07, 6.45) is -2.99. The smallest absolute Gasteiger partial charge is 0.252 e. The van der Waals surface area contributed by atoms with E-state index in [1.807, 2.05) is 0 Å². The molecule has 1 fully saturated rings. The van der Waals surface area contributed by atoms with Gasteiger partial charge in [0.2, 0.25) is 0 Å². The predicted molar refractivity (Wildman–Crippen MR) is 47.7 cm³/mol. The van der Waals surface area contributed by atoms with Gasteiger partial charge in [0.25, 0.3) is 5.82 Å². The fraction of sp³-hybridized carbons (Fsp3) is 0.625. The molecule has 0 saturated carbocycles. The van der Waals surface area contributed by atoms with Gasteiger partial charge in [0, 0.05) is 0 Å². The molecule has 2 rings (SSSR count). The van der Waals surface area contributed by atoms with E-state index in [-0.39, 0.29) is 5.82 Å². The number of aliphatic hydroxyl groups excluding tert-OH is 3. The van der Waals surface area contributed by atoms with E-state index in [0.717, 1.165) is 4.68 Å². The number of nitriles is 1. The highest BCUT2D eigenvalue weighted by Gasteiger charge is 2.43. The van der Waals surface area contributed by atoms with Gasteiger partial charge in [0.15, 0.2) is 6.23 Å². The first-order valence-electron chi connectivity index (χ1n) is 4.61. The Morgan fingerprint density at radius 2 is 2.25 bits per heavy atom. The second-order valence-corrected chi connectivity index (χ2v) is 3.39. The number of aliphatic hydroxyl groups is 3. The minimum atomic E-state index is -1.22. The Morgan fingerprint density at radius 1 is 1.50 bits per heavy atom. The number of nitrogens with zero attached hydrogens (tertiary/aromatic N) is 4.